The zero-order chi connectivity index (χ0) is 15.7. The summed E-state index contributed by atoms with van der Waals surface area (Å²) in [4.78, 5) is 14.8. The molecule has 1 aliphatic rings. The Labute approximate surface area is 132 Å². The van der Waals surface area contributed by atoms with Gasteiger partial charge in [0.15, 0.2) is 0 Å². The number of nitrogens with zero attached hydrogens (tertiary/aromatic N) is 1. The summed E-state index contributed by atoms with van der Waals surface area (Å²) >= 11 is 0. The Morgan fingerprint density at radius 1 is 1.32 bits per heavy atom. The summed E-state index contributed by atoms with van der Waals surface area (Å²) in [5.41, 5.74) is 2.15. The number of para-hydroxylation sites is 1. The van der Waals surface area contributed by atoms with E-state index in [0.29, 0.717) is 17.9 Å². The van der Waals surface area contributed by atoms with Gasteiger partial charge in [-0.3, -0.25) is 4.79 Å². The van der Waals surface area contributed by atoms with Crippen molar-refractivity contribution in [2.75, 3.05) is 6.54 Å². The number of hydrogen-bond donors (Lipinski definition) is 0. The molecular formula is C19H25NO2. The molecule has 0 bridgehead atoms. The highest BCUT2D eigenvalue weighted by atomic mass is 16.3. The monoisotopic (exact) mass is 299 g/mol. The van der Waals surface area contributed by atoms with E-state index in [1.165, 1.54) is 10.9 Å². The van der Waals surface area contributed by atoms with Gasteiger partial charge in [-0.15, -0.1) is 0 Å². The molecule has 1 saturated heterocycles. The number of rotatable bonds is 4. The largest absolute Gasteiger partial charge is 0.464 e. The topological polar surface area (TPSA) is 33.5 Å². The molecule has 118 valence electrons. The van der Waals surface area contributed by atoms with Crippen molar-refractivity contribution in [2.24, 2.45) is 11.8 Å². The quantitative estimate of drug-likeness (QED) is 0.845. The van der Waals surface area contributed by atoms with Crippen LogP contribution in [-0.2, 0) is 11.2 Å². The van der Waals surface area contributed by atoms with Crippen molar-refractivity contribution in [1.82, 2.24) is 4.90 Å². The molecule has 2 aromatic rings. The van der Waals surface area contributed by atoms with Crippen LogP contribution < -0.4 is 0 Å². The number of fused-ring (bicyclic) bond motifs is 1. The molecule has 1 aromatic heterocycles. The molecule has 3 heteroatoms. The van der Waals surface area contributed by atoms with Gasteiger partial charge in [0.1, 0.15) is 5.58 Å². The van der Waals surface area contributed by atoms with Crippen molar-refractivity contribution in [1.29, 1.82) is 0 Å². The highest BCUT2D eigenvalue weighted by molar-refractivity contribution is 5.82. The van der Waals surface area contributed by atoms with Gasteiger partial charge in [-0.1, -0.05) is 39.0 Å². The smallest absolute Gasteiger partial charge is 0.225 e. The molecule has 3 nitrogen and oxygen atoms in total. The van der Waals surface area contributed by atoms with Crippen LogP contribution in [0, 0.1) is 11.8 Å². The second-order valence-corrected chi connectivity index (χ2v) is 6.82. The molecule has 1 aromatic carbocycles. The van der Waals surface area contributed by atoms with Gasteiger partial charge in [0, 0.05) is 29.5 Å². The van der Waals surface area contributed by atoms with Crippen LogP contribution in [0.25, 0.3) is 11.0 Å². The van der Waals surface area contributed by atoms with E-state index in [4.69, 9.17) is 4.42 Å². The fraction of sp³-hybridized carbons (Fsp3) is 0.526. The summed E-state index contributed by atoms with van der Waals surface area (Å²) in [7, 11) is 0. The highest BCUT2D eigenvalue weighted by Crippen LogP contribution is 2.28. The number of amides is 1. The lowest BCUT2D eigenvalue weighted by Crippen LogP contribution is -2.41. The molecule has 2 heterocycles. The van der Waals surface area contributed by atoms with Crippen molar-refractivity contribution >= 4 is 16.9 Å². The molecule has 0 saturated carbocycles. The van der Waals surface area contributed by atoms with E-state index in [1.807, 2.05) is 24.5 Å². The molecule has 1 aliphatic heterocycles. The van der Waals surface area contributed by atoms with Crippen molar-refractivity contribution in [2.45, 2.75) is 46.1 Å². The van der Waals surface area contributed by atoms with E-state index in [0.717, 1.165) is 31.4 Å². The molecule has 22 heavy (non-hydrogen) atoms. The van der Waals surface area contributed by atoms with Gasteiger partial charge >= 0.3 is 0 Å². The molecule has 2 atom stereocenters. The van der Waals surface area contributed by atoms with Crippen LogP contribution in [0.15, 0.2) is 34.9 Å². The van der Waals surface area contributed by atoms with Gasteiger partial charge in [0.05, 0.1) is 6.26 Å². The van der Waals surface area contributed by atoms with E-state index in [2.05, 4.69) is 31.7 Å². The van der Waals surface area contributed by atoms with E-state index in [9.17, 15) is 4.79 Å². The maximum Gasteiger partial charge on any atom is 0.225 e. The molecule has 3 rings (SSSR count). The van der Waals surface area contributed by atoms with Crippen molar-refractivity contribution in [3.8, 4) is 0 Å². The fourth-order valence-corrected chi connectivity index (χ4v) is 3.33. The number of carbonyl (C=O) groups excluding carboxylic acids is 1. The average molecular weight is 299 g/mol. The number of hydrogen-bond acceptors (Lipinski definition) is 2. The lowest BCUT2D eigenvalue weighted by atomic mass is 9.95. The zero-order valence-corrected chi connectivity index (χ0v) is 13.7. The third-order valence-corrected chi connectivity index (χ3v) is 5.07. The first-order valence-corrected chi connectivity index (χ1v) is 8.33. The highest BCUT2D eigenvalue weighted by Gasteiger charge is 2.32. The number of benzene rings is 1. The first-order chi connectivity index (χ1) is 10.6. The van der Waals surface area contributed by atoms with Gasteiger partial charge in [0.25, 0.3) is 0 Å². The molecule has 0 N–H and O–H groups in total. The van der Waals surface area contributed by atoms with Gasteiger partial charge in [-0.2, -0.15) is 0 Å². The maximum absolute atomic E-state index is 12.7. The summed E-state index contributed by atoms with van der Waals surface area (Å²) in [5, 5.41) is 1.18. The predicted octanol–water partition coefficient (Wildman–Crippen LogP) is 4.26. The van der Waals surface area contributed by atoms with Crippen LogP contribution in [-0.4, -0.2) is 23.4 Å². The Bertz CT molecular complexity index is 658. The van der Waals surface area contributed by atoms with Crippen LogP contribution in [0.3, 0.4) is 0 Å². The summed E-state index contributed by atoms with van der Waals surface area (Å²) < 4.78 is 5.64. The number of likely N-dealkylation sites (tertiary alicyclic amines) is 1. The van der Waals surface area contributed by atoms with E-state index >= 15 is 0 Å². The van der Waals surface area contributed by atoms with Crippen LogP contribution >= 0.6 is 0 Å². The number of furan rings is 1. The predicted molar refractivity (Wildman–Crippen MR) is 88.7 cm³/mol. The summed E-state index contributed by atoms with van der Waals surface area (Å²) in [6.45, 7) is 7.19. The third kappa shape index (κ3) is 2.77. The minimum Gasteiger partial charge on any atom is -0.464 e. The maximum atomic E-state index is 12.7. The summed E-state index contributed by atoms with van der Waals surface area (Å²) in [6.07, 6.45) is 4.96. The third-order valence-electron chi connectivity index (χ3n) is 5.07. The Kier molecular flexibility index (Phi) is 4.23. The van der Waals surface area contributed by atoms with Crippen molar-refractivity contribution in [3.63, 3.8) is 0 Å². The zero-order valence-electron chi connectivity index (χ0n) is 13.7. The first kappa shape index (κ1) is 15.1. The second kappa shape index (κ2) is 6.15. The fourth-order valence-electron chi connectivity index (χ4n) is 3.33. The van der Waals surface area contributed by atoms with Gasteiger partial charge in [0.2, 0.25) is 5.91 Å². The Balaban J connectivity index is 1.78. The summed E-state index contributed by atoms with van der Waals surface area (Å²) in [6, 6.07) is 8.45. The molecular weight excluding hydrogens is 274 g/mol. The Morgan fingerprint density at radius 2 is 2.09 bits per heavy atom. The first-order valence-electron chi connectivity index (χ1n) is 8.33. The molecule has 0 spiro atoms. The van der Waals surface area contributed by atoms with Crippen molar-refractivity contribution in [3.05, 3.63) is 36.1 Å². The molecule has 0 unspecified atom stereocenters. The Hall–Kier alpha value is -1.77. The van der Waals surface area contributed by atoms with Crippen LogP contribution in [0.2, 0.25) is 0 Å². The molecule has 0 radical (unpaired) electrons. The summed E-state index contributed by atoms with van der Waals surface area (Å²) in [5.74, 6) is 0.801. The van der Waals surface area contributed by atoms with Gasteiger partial charge < -0.3 is 9.32 Å². The minimum absolute atomic E-state index is 0.0988. The average Bonchev–Trinajstić information content (AvgIpc) is 3.14. The minimum atomic E-state index is 0.0988. The van der Waals surface area contributed by atoms with Gasteiger partial charge in [-0.05, 0) is 31.2 Å². The van der Waals surface area contributed by atoms with Crippen LogP contribution in [0.1, 0.15) is 39.2 Å². The number of carbonyl (C=O) groups is 1. The molecule has 1 fully saturated rings. The van der Waals surface area contributed by atoms with E-state index in [1.54, 1.807) is 0 Å². The second-order valence-electron chi connectivity index (χ2n) is 6.82. The van der Waals surface area contributed by atoms with Crippen LogP contribution in [0.5, 0.6) is 0 Å². The van der Waals surface area contributed by atoms with Gasteiger partial charge in [-0.25, -0.2) is 0 Å². The van der Waals surface area contributed by atoms with E-state index in [-0.39, 0.29) is 5.92 Å². The standard InChI is InChI=1S/C19H25NO2/c1-13(2)14(3)19(21)20-10-6-7-16(20)11-15-12-22-18-9-5-4-8-17(15)18/h4-5,8-9,12-14,16H,6-7,10-11H2,1-3H3/t14-,16-/m0/s1. The normalized spacial score (nSPS) is 20.0. The lowest BCUT2D eigenvalue weighted by Gasteiger charge is -2.29. The molecule has 1 amide bonds. The van der Waals surface area contributed by atoms with Crippen molar-refractivity contribution < 1.29 is 9.21 Å². The van der Waals surface area contributed by atoms with E-state index < -0.39 is 0 Å². The Morgan fingerprint density at radius 3 is 2.86 bits per heavy atom. The van der Waals surface area contributed by atoms with Crippen LogP contribution in [0.4, 0.5) is 0 Å². The molecule has 0 aliphatic carbocycles. The SMILES string of the molecule is CC(C)[C@H](C)C(=O)N1CCC[C@H]1Cc1coc2ccccc12. The lowest BCUT2D eigenvalue weighted by molar-refractivity contribution is -0.137.